The molecule has 3 aromatic rings. The molecule has 5 rings (SSSR count). The lowest BCUT2D eigenvalue weighted by Gasteiger charge is -2.29. The van der Waals surface area contributed by atoms with E-state index in [0.717, 1.165) is 59.7 Å². The number of nitrogens with zero attached hydrogens (tertiary/aromatic N) is 2. The lowest BCUT2D eigenvalue weighted by molar-refractivity contribution is -0.138. The average Bonchev–Trinajstić information content (AvgIpc) is 3.34. The van der Waals surface area contributed by atoms with Crippen LogP contribution in [0.1, 0.15) is 5.56 Å². The van der Waals surface area contributed by atoms with Crippen LogP contribution in [0, 0.1) is 0 Å². The van der Waals surface area contributed by atoms with Gasteiger partial charge in [0, 0.05) is 66.5 Å². The van der Waals surface area contributed by atoms with Crippen molar-refractivity contribution in [2.45, 2.75) is 12.5 Å². The number of aromatic nitrogens is 2. The monoisotopic (exact) mass is 382 g/mol. The lowest BCUT2D eigenvalue weighted by atomic mass is 9.99. The van der Waals surface area contributed by atoms with Crippen molar-refractivity contribution >= 4 is 28.5 Å². The summed E-state index contributed by atoms with van der Waals surface area (Å²) < 4.78 is 6.19. The molecule has 0 spiro atoms. The molecule has 4 heterocycles. The number of pyridine rings is 1. The molecule has 7 heteroatoms. The predicted molar refractivity (Wildman–Crippen MR) is 104 cm³/mol. The number of piperazine rings is 1. The fourth-order valence-corrected chi connectivity index (χ4v) is 4.19. The van der Waals surface area contributed by atoms with Gasteiger partial charge in [-0.05, 0) is 29.8 Å². The van der Waals surface area contributed by atoms with E-state index in [-0.39, 0.29) is 5.91 Å². The molecule has 0 aliphatic carbocycles. The molecule has 0 bridgehead atoms. The minimum Gasteiger partial charge on any atom is -0.479 e. The molecule has 1 aromatic carbocycles. The molecule has 138 valence electrons. The molecule has 0 saturated carbocycles. The van der Waals surface area contributed by atoms with E-state index in [1.165, 1.54) is 0 Å². The molecule has 1 amide bonds. The highest BCUT2D eigenvalue weighted by atomic mass is 35.5. The number of hydrogen-bond donors (Lipinski definition) is 2. The smallest absolute Gasteiger partial charge is 0.264 e. The van der Waals surface area contributed by atoms with Crippen molar-refractivity contribution in [3.63, 3.8) is 0 Å². The van der Waals surface area contributed by atoms with Crippen molar-refractivity contribution in [1.82, 2.24) is 20.2 Å². The Labute approximate surface area is 161 Å². The third kappa shape index (κ3) is 2.85. The number of halogens is 1. The van der Waals surface area contributed by atoms with Crippen LogP contribution < -0.4 is 10.1 Å². The molecule has 1 atom stereocenters. The van der Waals surface area contributed by atoms with Gasteiger partial charge in [-0.3, -0.25) is 4.79 Å². The predicted octanol–water partition coefficient (Wildman–Crippen LogP) is 2.62. The van der Waals surface area contributed by atoms with Gasteiger partial charge in [0.25, 0.3) is 5.91 Å². The van der Waals surface area contributed by atoms with E-state index in [4.69, 9.17) is 16.3 Å². The number of H-pyrrole nitrogens is 1. The largest absolute Gasteiger partial charge is 0.479 e. The minimum atomic E-state index is -0.487. The summed E-state index contributed by atoms with van der Waals surface area (Å²) in [4.78, 5) is 22.3. The van der Waals surface area contributed by atoms with Crippen molar-refractivity contribution in [3.05, 3.63) is 47.2 Å². The Morgan fingerprint density at radius 1 is 1.22 bits per heavy atom. The summed E-state index contributed by atoms with van der Waals surface area (Å²) in [7, 11) is 0. The van der Waals surface area contributed by atoms with Crippen LogP contribution in [-0.2, 0) is 11.2 Å². The number of fused-ring (bicyclic) bond motifs is 2. The summed E-state index contributed by atoms with van der Waals surface area (Å²) in [5, 5.41) is 4.91. The first-order valence-electron chi connectivity index (χ1n) is 9.12. The van der Waals surface area contributed by atoms with Gasteiger partial charge in [-0.25, -0.2) is 4.98 Å². The maximum atomic E-state index is 12.9. The Balaban J connectivity index is 1.53. The molecule has 0 radical (unpaired) electrons. The third-order valence-electron chi connectivity index (χ3n) is 5.25. The fraction of sp³-hybridized carbons (Fsp3) is 0.300. The van der Waals surface area contributed by atoms with Crippen LogP contribution in [-0.4, -0.2) is 53.1 Å². The number of rotatable bonds is 2. The van der Waals surface area contributed by atoms with Gasteiger partial charge in [0.05, 0.1) is 0 Å². The van der Waals surface area contributed by atoms with Crippen molar-refractivity contribution in [1.29, 1.82) is 0 Å². The van der Waals surface area contributed by atoms with Crippen LogP contribution in [0.5, 0.6) is 5.75 Å². The number of nitrogens with one attached hydrogen (secondary N) is 2. The van der Waals surface area contributed by atoms with E-state index in [0.29, 0.717) is 11.4 Å². The second-order valence-electron chi connectivity index (χ2n) is 6.93. The molecular formula is C20H19ClN4O2. The lowest BCUT2D eigenvalue weighted by Crippen LogP contribution is -2.50. The third-order valence-corrected chi connectivity index (χ3v) is 5.47. The van der Waals surface area contributed by atoms with Gasteiger partial charge in [-0.2, -0.15) is 0 Å². The molecule has 1 saturated heterocycles. The van der Waals surface area contributed by atoms with E-state index in [9.17, 15) is 4.79 Å². The zero-order valence-corrected chi connectivity index (χ0v) is 15.4. The van der Waals surface area contributed by atoms with Crippen molar-refractivity contribution in [2.75, 3.05) is 26.2 Å². The quantitative estimate of drug-likeness (QED) is 0.714. The highest BCUT2D eigenvalue weighted by Crippen LogP contribution is 2.43. The maximum absolute atomic E-state index is 12.9. The zero-order valence-electron chi connectivity index (χ0n) is 14.7. The topological polar surface area (TPSA) is 70.2 Å². The van der Waals surface area contributed by atoms with Crippen molar-refractivity contribution in [2.24, 2.45) is 0 Å². The zero-order chi connectivity index (χ0) is 18.4. The fourth-order valence-electron chi connectivity index (χ4n) is 3.95. The Kier molecular flexibility index (Phi) is 4.02. The molecule has 2 aliphatic heterocycles. The second kappa shape index (κ2) is 6.55. The van der Waals surface area contributed by atoms with Gasteiger partial charge in [0.1, 0.15) is 11.4 Å². The Bertz CT molecular complexity index is 1030. The molecule has 0 unspecified atom stereocenters. The summed E-state index contributed by atoms with van der Waals surface area (Å²) in [6.45, 7) is 3.09. The number of carbonyl (C=O) groups is 1. The summed E-state index contributed by atoms with van der Waals surface area (Å²) in [6.07, 6.45) is 3.69. The van der Waals surface area contributed by atoms with Gasteiger partial charge < -0.3 is 19.9 Å². The van der Waals surface area contributed by atoms with E-state index >= 15 is 0 Å². The van der Waals surface area contributed by atoms with Gasteiger partial charge in [-0.15, -0.1) is 0 Å². The molecule has 27 heavy (non-hydrogen) atoms. The highest BCUT2D eigenvalue weighted by molar-refractivity contribution is 6.31. The van der Waals surface area contributed by atoms with Crippen LogP contribution >= 0.6 is 11.6 Å². The molecule has 1 fully saturated rings. The first kappa shape index (κ1) is 16.6. The summed E-state index contributed by atoms with van der Waals surface area (Å²) in [5.41, 5.74) is 3.69. The summed E-state index contributed by atoms with van der Waals surface area (Å²) >= 11 is 6.40. The van der Waals surface area contributed by atoms with E-state index in [1.54, 1.807) is 6.20 Å². The van der Waals surface area contributed by atoms with E-state index in [2.05, 4.69) is 15.3 Å². The van der Waals surface area contributed by atoms with Crippen LogP contribution in [0.15, 0.2) is 36.7 Å². The standard InChI is InChI=1S/C20H19ClN4O2/c21-13-9-12-10-17(20(26)25-7-5-22-6-8-25)27-18(12)16(11-13)14-1-3-23-19-15(14)2-4-24-19/h1-4,9,11,17,22H,5-8,10H2,(H,23,24)/t17-/m1/s1. The van der Waals surface area contributed by atoms with E-state index < -0.39 is 6.10 Å². The normalized spacial score (nSPS) is 19.1. The van der Waals surface area contributed by atoms with E-state index in [1.807, 2.05) is 35.4 Å². The van der Waals surface area contributed by atoms with Crippen LogP contribution in [0.2, 0.25) is 5.02 Å². The number of benzene rings is 1. The Morgan fingerprint density at radius 2 is 2.07 bits per heavy atom. The minimum absolute atomic E-state index is 0.0521. The first-order chi connectivity index (χ1) is 13.2. The Morgan fingerprint density at radius 3 is 2.93 bits per heavy atom. The molecule has 2 aromatic heterocycles. The van der Waals surface area contributed by atoms with Gasteiger partial charge in [0.15, 0.2) is 6.10 Å². The number of aromatic amines is 1. The molecule has 6 nitrogen and oxygen atoms in total. The molecule has 2 aliphatic rings. The number of hydrogen-bond acceptors (Lipinski definition) is 4. The summed E-state index contributed by atoms with van der Waals surface area (Å²) in [5.74, 6) is 0.804. The van der Waals surface area contributed by atoms with Crippen LogP contribution in [0.25, 0.3) is 22.2 Å². The van der Waals surface area contributed by atoms with Crippen molar-refractivity contribution < 1.29 is 9.53 Å². The maximum Gasteiger partial charge on any atom is 0.264 e. The first-order valence-corrected chi connectivity index (χ1v) is 9.49. The summed E-state index contributed by atoms with van der Waals surface area (Å²) in [6, 6.07) is 7.75. The second-order valence-corrected chi connectivity index (χ2v) is 7.36. The molecule has 2 N–H and O–H groups in total. The molecular weight excluding hydrogens is 364 g/mol. The van der Waals surface area contributed by atoms with Crippen LogP contribution in [0.4, 0.5) is 0 Å². The van der Waals surface area contributed by atoms with Gasteiger partial charge >= 0.3 is 0 Å². The van der Waals surface area contributed by atoms with Crippen molar-refractivity contribution in [3.8, 4) is 16.9 Å². The van der Waals surface area contributed by atoms with Gasteiger partial charge in [0.2, 0.25) is 0 Å². The number of carbonyl (C=O) groups excluding carboxylic acids is 1. The van der Waals surface area contributed by atoms with Gasteiger partial charge in [-0.1, -0.05) is 11.6 Å². The Hall–Kier alpha value is -2.57. The van der Waals surface area contributed by atoms with Crippen LogP contribution in [0.3, 0.4) is 0 Å². The number of amides is 1. The average molecular weight is 383 g/mol. The SMILES string of the molecule is O=C([C@H]1Cc2cc(Cl)cc(-c3ccnc4[nH]ccc34)c2O1)N1CCNCC1. The number of ether oxygens (including phenoxy) is 1. The highest BCUT2D eigenvalue weighted by Gasteiger charge is 2.35.